The normalized spacial score (nSPS) is 19.9. The lowest BCUT2D eigenvalue weighted by atomic mass is 9.90. The van der Waals surface area contributed by atoms with E-state index in [1.54, 1.807) is 24.3 Å². The molecule has 0 spiro atoms. The molecule has 0 aliphatic carbocycles. The third-order valence-corrected chi connectivity index (χ3v) is 8.57. The SMILES string of the molecule is C=CCOC(=O)NCc1cccc(-c2ccc([C@@H]3O[C@H](CN(C)C[C@@H](O)c4cccc(O)c4)[C@H](C)[C@H](c4ccc(CO)cc4)O3)cc2)c1. The smallest absolute Gasteiger partial charge is 0.407 e. The van der Waals surface area contributed by atoms with Gasteiger partial charge >= 0.3 is 6.09 Å². The number of benzene rings is 4. The molecule has 1 aliphatic rings. The summed E-state index contributed by atoms with van der Waals surface area (Å²) >= 11 is 0. The molecule has 9 heteroatoms. The molecule has 0 radical (unpaired) electrons. The molecular weight excluding hydrogens is 608 g/mol. The summed E-state index contributed by atoms with van der Waals surface area (Å²) < 4.78 is 18.2. The largest absolute Gasteiger partial charge is 0.508 e. The molecule has 1 fully saturated rings. The zero-order valence-corrected chi connectivity index (χ0v) is 27.4. The minimum Gasteiger partial charge on any atom is -0.508 e. The van der Waals surface area contributed by atoms with Crippen LogP contribution in [-0.2, 0) is 27.4 Å². The van der Waals surface area contributed by atoms with Crippen LogP contribution in [0.4, 0.5) is 4.79 Å². The Kier molecular flexibility index (Phi) is 12.0. The summed E-state index contributed by atoms with van der Waals surface area (Å²) in [6.45, 7) is 7.02. The molecule has 1 aliphatic heterocycles. The van der Waals surface area contributed by atoms with Crippen LogP contribution in [0, 0.1) is 5.92 Å². The van der Waals surface area contributed by atoms with Crippen molar-refractivity contribution >= 4 is 6.09 Å². The average molecular weight is 653 g/mol. The third kappa shape index (κ3) is 9.09. The number of likely N-dealkylation sites (N-methyl/N-ethyl adjacent to an activating group) is 1. The van der Waals surface area contributed by atoms with Crippen LogP contribution in [0.25, 0.3) is 11.1 Å². The first-order chi connectivity index (χ1) is 23.2. The van der Waals surface area contributed by atoms with Gasteiger partial charge in [0.2, 0.25) is 0 Å². The Labute approximate surface area is 282 Å². The number of carbonyl (C=O) groups excluding carboxylic acids is 1. The lowest BCUT2D eigenvalue weighted by Gasteiger charge is -2.42. The molecule has 4 aromatic carbocycles. The zero-order chi connectivity index (χ0) is 34.0. The highest BCUT2D eigenvalue weighted by Crippen LogP contribution is 2.42. The van der Waals surface area contributed by atoms with E-state index in [4.69, 9.17) is 14.2 Å². The number of phenols is 1. The maximum absolute atomic E-state index is 11.8. The Morgan fingerprint density at radius 1 is 0.958 bits per heavy atom. The van der Waals surface area contributed by atoms with E-state index in [0.717, 1.165) is 33.4 Å². The molecule has 0 bridgehead atoms. The van der Waals surface area contributed by atoms with Crippen LogP contribution < -0.4 is 5.32 Å². The second-order valence-corrected chi connectivity index (χ2v) is 12.2. The van der Waals surface area contributed by atoms with Crippen molar-refractivity contribution < 1.29 is 34.3 Å². The monoisotopic (exact) mass is 652 g/mol. The fraction of sp³-hybridized carbons (Fsp3) is 0.308. The maximum atomic E-state index is 11.8. The molecule has 4 N–H and O–H groups in total. The number of phenolic OH excluding ortho intramolecular Hbond substituents is 1. The maximum Gasteiger partial charge on any atom is 0.407 e. The molecular formula is C39H44N2O7. The fourth-order valence-electron chi connectivity index (χ4n) is 5.90. The summed E-state index contributed by atoms with van der Waals surface area (Å²) in [6, 6.07) is 30.5. The Hall–Kier alpha value is -4.51. The van der Waals surface area contributed by atoms with E-state index in [1.807, 2.05) is 84.7 Å². The third-order valence-electron chi connectivity index (χ3n) is 8.57. The molecule has 0 saturated carbocycles. The molecule has 1 heterocycles. The van der Waals surface area contributed by atoms with Gasteiger partial charge in [-0.15, -0.1) is 0 Å². The van der Waals surface area contributed by atoms with Crippen molar-refractivity contribution in [2.45, 2.75) is 44.7 Å². The lowest BCUT2D eigenvalue weighted by Crippen LogP contribution is -2.44. The minimum atomic E-state index is -0.775. The zero-order valence-electron chi connectivity index (χ0n) is 27.4. The number of hydrogen-bond donors (Lipinski definition) is 4. The molecule has 252 valence electrons. The van der Waals surface area contributed by atoms with Gasteiger partial charge in [-0.3, -0.25) is 0 Å². The summed E-state index contributed by atoms with van der Waals surface area (Å²) in [5.41, 5.74) is 6.30. The second kappa shape index (κ2) is 16.5. The van der Waals surface area contributed by atoms with Crippen LogP contribution in [0.1, 0.15) is 53.2 Å². The number of ether oxygens (including phenoxy) is 3. The van der Waals surface area contributed by atoms with Crippen molar-refractivity contribution in [1.82, 2.24) is 10.2 Å². The highest BCUT2D eigenvalue weighted by Gasteiger charge is 2.39. The number of rotatable bonds is 13. The number of alkyl carbamates (subject to hydrolysis) is 1. The summed E-state index contributed by atoms with van der Waals surface area (Å²) in [6.07, 6.45) is -0.880. The van der Waals surface area contributed by atoms with Crippen LogP contribution in [0.3, 0.4) is 0 Å². The average Bonchev–Trinajstić information content (AvgIpc) is 3.11. The van der Waals surface area contributed by atoms with Crippen molar-refractivity contribution in [3.63, 3.8) is 0 Å². The Bertz CT molecular complexity index is 1640. The summed E-state index contributed by atoms with van der Waals surface area (Å²) in [7, 11) is 1.94. The van der Waals surface area contributed by atoms with Gasteiger partial charge in [-0.2, -0.15) is 0 Å². The van der Waals surface area contributed by atoms with Gasteiger partial charge in [-0.25, -0.2) is 4.79 Å². The molecule has 48 heavy (non-hydrogen) atoms. The molecule has 0 aromatic heterocycles. The van der Waals surface area contributed by atoms with Crippen molar-refractivity contribution in [3.8, 4) is 16.9 Å². The topological polar surface area (TPSA) is 121 Å². The first-order valence-corrected chi connectivity index (χ1v) is 16.1. The predicted octanol–water partition coefficient (Wildman–Crippen LogP) is 6.42. The number of hydrogen-bond acceptors (Lipinski definition) is 8. The minimum absolute atomic E-state index is 0.0220. The van der Waals surface area contributed by atoms with E-state index in [9.17, 15) is 20.1 Å². The lowest BCUT2D eigenvalue weighted by molar-refractivity contribution is -0.276. The van der Waals surface area contributed by atoms with Gasteiger partial charge in [0.15, 0.2) is 6.29 Å². The molecule has 0 unspecified atom stereocenters. The summed E-state index contributed by atoms with van der Waals surface area (Å²) in [5.74, 6) is 0.0944. The molecule has 1 saturated heterocycles. The van der Waals surface area contributed by atoms with Gasteiger partial charge in [-0.05, 0) is 58.6 Å². The van der Waals surface area contributed by atoms with Gasteiger partial charge in [0.1, 0.15) is 12.4 Å². The van der Waals surface area contributed by atoms with Crippen molar-refractivity contribution in [2.75, 3.05) is 26.7 Å². The van der Waals surface area contributed by atoms with E-state index in [2.05, 4.69) is 18.8 Å². The highest BCUT2D eigenvalue weighted by atomic mass is 16.7. The van der Waals surface area contributed by atoms with Crippen LogP contribution in [0.15, 0.2) is 110 Å². The predicted molar refractivity (Wildman–Crippen MR) is 184 cm³/mol. The Balaban J connectivity index is 1.32. The number of amides is 1. The van der Waals surface area contributed by atoms with E-state index in [0.29, 0.717) is 25.2 Å². The Morgan fingerprint density at radius 2 is 1.69 bits per heavy atom. The van der Waals surface area contributed by atoms with Crippen molar-refractivity contribution in [1.29, 1.82) is 0 Å². The molecule has 9 nitrogen and oxygen atoms in total. The van der Waals surface area contributed by atoms with E-state index in [1.165, 1.54) is 6.08 Å². The van der Waals surface area contributed by atoms with Crippen LogP contribution in [-0.4, -0.2) is 59.2 Å². The second-order valence-electron chi connectivity index (χ2n) is 12.2. The molecule has 5 rings (SSSR count). The first kappa shape index (κ1) is 34.8. The van der Waals surface area contributed by atoms with Gasteiger partial charge in [0.05, 0.1) is 24.9 Å². The van der Waals surface area contributed by atoms with Gasteiger partial charge in [0.25, 0.3) is 0 Å². The molecule has 1 amide bonds. The quantitative estimate of drug-likeness (QED) is 0.122. The number of aromatic hydroxyl groups is 1. The number of aliphatic hydroxyl groups excluding tert-OH is 2. The number of nitrogens with zero attached hydrogens (tertiary/aromatic N) is 1. The van der Waals surface area contributed by atoms with E-state index in [-0.39, 0.29) is 37.1 Å². The number of aliphatic hydroxyl groups is 2. The summed E-state index contributed by atoms with van der Waals surface area (Å²) in [4.78, 5) is 13.9. The fourth-order valence-corrected chi connectivity index (χ4v) is 5.90. The first-order valence-electron chi connectivity index (χ1n) is 16.1. The van der Waals surface area contributed by atoms with Gasteiger partial charge in [-0.1, -0.05) is 98.4 Å². The van der Waals surface area contributed by atoms with Crippen LogP contribution >= 0.6 is 0 Å². The Morgan fingerprint density at radius 3 is 2.40 bits per heavy atom. The number of carbonyl (C=O) groups is 1. The van der Waals surface area contributed by atoms with Crippen molar-refractivity contribution in [3.05, 3.63) is 138 Å². The van der Waals surface area contributed by atoms with Crippen molar-refractivity contribution in [2.24, 2.45) is 5.92 Å². The highest BCUT2D eigenvalue weighted by molar-refractivity contribution is 5.68. The van der Waals surface area contributed by atoms with Crippen LogP contribution in [0.5, 0.6) is 5.75 Å². The van der Waals surface area contributed by atoms with E-state index < -0.39 is 18.5 Å². The van der Waals surface area contributed by atoms with E-state index >= 15 is 0 Å². The van der Waals surface area contributed by atoms with Gasteiger partial charge in [0, 0.05) is 31.1 Å². The van der Waals surface area contributed by atoms with Gasteiger partial charge < -0.3 is 39.7 Å². The van der Waals surface area contributed by atoms with Crippen LogP contribution in [0.2, 0.25) is 0 Å². The standard InChI is InChI=1S/C39H44N2O7/c1-4-19-46-39(45)40-22-28-7-5-8-32(20-28)29-15-17-31(18-16-29)38-47-36(24-41(3)23-35(44)33-9-6-10-34(43)21-33)26(2)37(48-38)30-13-11-27(25-42)12-14-30/h4-18,20-21,26,35-38,42-44H,1,19,22-25H2,2-3H3,(H,40,45)/t26-,35+,36+,37+,38+/m0/s1. The summed E-state index contributed by atoms with van der Waals surface area (Å²) in [5, 5.41) is 33.1. The molecule has 5 atom stereocenters. The number of nitrogens with one attached hydrogen (secondary N) is 1. The molecule has 4 aromatic rings.